The molecule has 0 saturated carbocycles. The summed E-state index contributed by atoms with van der Waals surface area (Å²) in [5, 5.41) is 3.24. The number of halogens is 1. The molecule has 84 valence electrons. The molecule has 1 aromatic rings. The Balaban J connectivity index is 1.88. The third-order valence-electron chi connectivity index (χ3n) is 3.05. The fourth-order valence-corrected chi connectivity index (χ4v) is 3.52. The standard InChI is InChI=1S/C11H17BrN2S/c1-2-3-9-4-6-14(7-5-9)11-13-10(12)8-15-11/h8-9H,2-7H2,1H3. The monoisotopic (exact) mass is 288 g/mol. The van der Waals surface area contributed by atoms with Gasteiger partial charge in [0, 0.05) is 18.5 Å². The van der Waals surface area contributed by atoms with Crippen LogP contribution in [0.3, 0.4) is 0 Å². The van der Waals surface area contributed by atoms with Crippen LogP contribution in [0.4, 0.5) is 5.13 Å². The summed E-state index contributed by atoms with van der Waals surface area (Å²) < 4.78 is 0.971. The van der Waals surface area contributed by atoms with Crippen molar-refractivity contribution in [1.29, 1.82) is 0 Å². The van der Waals surface area contributed by atoms with Gasteiger partial charge in [0.05, 0.1) is 0 Å². The van der Waals surface area contributed by atoms with Crippen LogP contribution in [0.5, 0.6) is 0 Å². The van der Waals surface area contributed by atoms with Crippen molar-refractivity contribution in [2.24, 2.45) is 5.92 Å². The zero-order chi connectivity index (χ0) is 10.7. The van der Waals surface area contributed by atoms with Crippen molar-refractivity contribution >= 4 is 32.4 Å². The summed E-state index contributed by atoms with van der Waals surface area (Å²) in [4.78, 5) is 6.88. The average molecular weight is 289 g/mol. The molecule has 0 N–H and O–H groups in total. The molecule has 0 spiro atoms. The second-order valence-corrected chi connectivity index (χ2v) is 5.82. The van der Waals surface area contributed by atoms with Crippen LogP contribution in [0.1, 0.15) is 32.6 Å². The average Bonchev–Trinajstić information content (AvgIpc) is 2.67. The van der Waals surface area contributed by atoms with E-state index in [0.717, 1.165) is 10.5 Å². The largest absolute Gasteiger partial charge is 0.348 e. The van der Waals surface area contributed by atoms with E-state index in [1.54, 1.807) is 11.3 Å². The van der Waals surface area contributed by atoms with Gasteiger partial charge in [0.15, 0.2) is 5.13 Å². The van der Waals surface area contributed by atoms with Crippen molar-refractivity contribution in [2.45, 2.75) is 32.6 Å². The predicted molar refractivity (Wildman–Crippen MR) is 69.7 cm³/mol. The van der Waals surface area contributed by atoms with E-state index in [-0.39, 0.29) is 0 Å². The highest BCUT2D eigenvalue weighted by atomic mass is 79.9. The summed E-state index contributed by atoms with van der Waals surface area (Å²) in [5.41, 5.74) is 0. The van der Waals surface area contributed by atoms with E-state index in [0.29, 0.717) is 0 Å². The molecule has 2 heterocycles. The molecule has 0 amide bonds. The van der Waals surface area contributed by atoms with Gasteiger partial charge in [-0.05, 0) is 34.7 Å². The Morgan fingerprint density at radius 1 is 1.53 bits per heavy atom. The first-order valence-electron chi connectivity index (χ1n) is 5.65. The van der Waals surface area contributed by atoms with Gasteiger partial charge in [0.25, 0.3) is 0 Å². The highest BCUT2D eigenvalue weighted by Gasteiger charge is 2.20. The first-order chi connectivity index (χ1) is 7.29. The lowest BCUT2D eigenvalue weighted by Gasteiger charge is -2.31. The molecular formula is C11H17BrN2S. The molecule has 1 aliphatic rings. The Bertz CT molecular complexity index is 305. The maximum absolute atomic E-state index is 4.47. The van der Waals surface area contributed by atoms with Crippen molar-refractivity contribution < 1.29 is 0 Å². The van der Waals surface area contributed by atoms with Gasteiger partial charge in [-0.15, -0.1) is 11.3 Å². The SMILES string of the molecule is CCCC1CCN(c2nc(Br)cs2)CC1. The topological polar surface area (TPSA) is 16.1 Å². The van der Waals surface area contributed by atoms with Crippen molar-refractivity contribution in [3.63, 3.8) is 0 Å². The Morgan fingerprint density at radius 3 is 2.80 bits per heavy atom. The van der Waals surface area contributed by atoms with Gasteiger partial charge in [-0.3, -0.25) is 0 Å². The number of nitrogens with zero attached hydrogens (tertiary/aromatic N) is 2. The molecule has 1 aromatic heterocycles. The van der Waals surface area contributed by atoms with Crippen LogP contribution in [0, 0.1) is 5.92 Å². The maximum atomic E-state index is 4.47. The lowest BCUT2D eigenvalue weighted by molar-refractivity contribution is 0.378. The number of anilines is 1. The molecule has 0 aromatic carbocycles. The third-order valence-corrected chi connectivity index (χ3v) is 4.66. The summed E-state index contributed by atoms with van der Waals surface area (Å²) in [7, 11) is 0. The first kappa shape index (κ1) is 11.4. The summed E-state index contributed by atoms with van der Waals surface area (Å²) in [6.45, 7) is 4.65. The molecule has 0 unspecified atom stereocenters. The Kier molecular flexibility index (Phi) is 4.03. The summed E-state index contributed by atoms with van der Waals surface area (Å²) in [6, 6.07) is 0. The Labute approximate surface area is 104 Å². The lowest BCUT2D eigenvalue weighted by Crippen LogP contribution is -2.33. The van der Waals surface area contributed by atoms with Gasteiger partial charge in [-0.1, -0.05) is 19.8 Å². The molecule has 15 heavy (non-hydrogen) atoms. The van der Waals surface area contributed by atoms with Crippen LogP contribution in [0.2, 0.25) is 0 Å². The van der Waals surface area contributed by atoms with Gasteiger partial charge < -0.3 is 4.90 Å². The fourth-order valence-electron chi connectivity index (χ4n) is 2.21. The van der Waals surface area contributed by atoms with E-state index in [4.69, 9.17) is 0 Å². The van der Waals surface area contributed by atoms with E-state index in [2.05, 4.69) is 38.1 Å². The number of hydrogen-bond acceptors (Lipinski definition) is 3. The smallest absolute Gasteiger partial charge is 0.186 e. The molecular weight excluding hydrogens is 272 g/mol. The van der Waals surface area contributed by atoms with Crippen LogP contribution in [-0.4, -0.2) is 18.1 Å². The molecule has 1 fully saturated rings. The van der Waals surface area contributed by atoms with Crippen molar-refractivity contribution in [3.05, 3.63) is 9.98 Å². The fraction of sp³-hybridized carbons (Fsp3) is 0.727. The van der Waals surface area contributed by atoms with E-state index in [1.807, 2.05) is 0 Å². The molecule has 0 radical (unpaired) electrons. The maximum Gasteiger partial charge on any atom is 0.186 e. The molecule has 0 aliphatic carbocycles. The predicted octanol–water partition coefficient (Wildman–Crippen LogP) is 3.92. The van der Waals surface area contributed by atoms with Gasteiger partial charge in [0.2, 0.25) is 0 Å². The number of hydrogen-bond donors (Lipinski definition) is 0. The highest BCUT2D eigenvalue weighted by Crippen LogP contribution is 2.29. The number of aromatic nitrogens is 1. The van der Waals surface area contributed by atoms with Gasteiger partial charge >= 0.3 is 0 Å². The number of thiazole rings is 1. The zero-order valence-electron chi connectivity index (χ0n) is 9.08. The van der Waals surface area contributed by atoms with Gasteiger partial charge in [-0.25, -0.2) is 4.98 Å². The normalized spacial score (nSPS) is 18.4. The summed E-state index contributed by atoms with van der Waals surface area (Å²) >= 11 is 5.15. The molecule has 1 saturated heterocycles. The highest BCUT2D eigenvalue weighted by molar-refractivity contribution is 9.10. The quantitative estimate of drug-likeness (QED) is 0.838. The minimum absolute atomic E-state index is 0.953. The van der Waals surface area contributed by atoms with Crippen LogP contribution in [-0.2, 0) is 0 Å². The van der Waals surface area contributed by atoms with E-state index in [9.17, 15) is 0 Å². The van der Waals surface area contributed by atoms with Crippen LogP contribution < -0.4 is 4.90 Å². The minimum atomic E-state index is 0.953. The first-order valence-corrected chi connectivity index (χ1v) is 7.33. The number of rotatable bonds is 3. The molecule has 0 bridgehead atoms. The van der Waals surface area contributed by atoms with Crippen molar-refractivity contribution in [3.8, 4) is 0 Å². The Hall–Kier alpha value is -0.0900. The summed E-state index contributed by atoms with van der Waals surface area (Å²) in [5.74, 6) is 0.953. The van der Waals surface area contributed by atoms with E-state index in [1.165, 1.54) is 43.9 Å². The molecule has 4 heteroatoms. The van der Waals surface area contributed by atoms with Gasteiger partial charge in [0.1, 0.15) is 4.60 Å². The zero-order valence-corrected chi connectivity index (χ0v) is 11.5. The number of piperidine rings is 1. The Morgan fingerprint density at radius 2 is 2.27 bits per heavy atom. The molecule has 1 aliphatic heterocycles. The molecule has 0 atom stereocenters. The second kappa shape index (κ2) is 5.30. The molecule has 2 nitrogen and oxygen atoms in total. The lowest BCUT2D eigenvalue weighted by atomic mass is 9.93. The van der Waals surface area contributed by atoms with Crippen LogP contribution in [0.15, 0.2) is 9.98 Å². The minimum Gasteiger partial charge on any atom is -0.348 e. The third kappa shape index (κ3) is 2.94. The van der Waals surface area contributed by atoms with E-state index >= 15 is 0 Å². The van der Waals surface area contributed by atoms with Gasteiger partial charge in [-0.2, -0.15) is 0 Å². The van der Waals surface area contributed by atoms with E-state index < -0.39 is 0 Å². The van der Waals surface area contributed by atoms with Crippen LogP contribution in [0.25, 0.3) is 0 Å². The second-order valence-electron chi connectivity index (χ2n) is 4.17. The van der Waals surface area contributed by atoms with Crippen molar-refractivity contribution in [1.82, 2.24) is 4.98 Å². The summed E-state index contributed by atoms with van der Waals surface area (Å²) in [6.07, 6.45) is 5.40. The van der Waals surface area contributed by atoms with Crippen molar-refractivity contribution in [2.75, 3.05) is 18.0 Å². The molecule has 2 rings (SSSR count). The van der Waals surface area contributed by atoms with Crippen LogP contribution >= 0.6 is 27.3 Å².